The number of hydrogen-bond acceptors (Lipinski definition) is 4. The molecule has 0 bridgehead atoms. The molecule has 1 aliphatic carbocycles. The average molecular weight is 368 g/mol. The number of rotatable bonds is 6. The second-order valence-electron chi connectivity index (χ2n) is 6.69. The Morgan fingerprint density at radius 1 is 1.30 bits per heavy atom. The number of carbonyl (C=O) groups is 1. The molecule has 1 amide bonds. The molecule has 1 N–H and O–H groups in total. The zero-order valence-corrected chi connectivity index (χ0v) is 14.3. The van der Waals surface area contributed by atoms with E-state index in [9.17, 15) is 19.3 Å². The predicted octanol–water partition coefficient (Wildman–Crippen LogP) is 2.70. The Bertz CT molecular complexity index is 1000. The van der Waals surface area contributed by atoms with Crippen LogP contribution in [0.2, 0.25) is 0 Å². The van der Waals surface area contributed by atoms with Crippen molar-refractivity contribution < 1.29 is 14.1 Å². The van der Waals surface area contributed by atoms with Gasteiger partial charge in [-0.15, -0.1) is 0 Å². The van der Waals surface area contributed by atoms with E-state index in [1.165, 1.54) is 12.1 Å². The molecule has 1 aliphatic rings. The van der Waals surface area contributed by atoms with Gasteiger partial charge in [-0.25, -0.2) is 9.37 Å². The number of nitro groups is 1. The van der Waals surface area contributed by atoms with Crippen LogP contribution in [0.1, 0.15) is 18.0 Å². The lowest BCUT2D eigenvalue weighted by molar-refractivity contribution is -0.497. The third kappa shape index (κ3) is 3.51. The zero-order chi connectivity index (χ0) is 19.0. The molecule has 0 radical (unpaired) electrons. The molecule has 1 aromatic heterocycles. The Kier molecular flexibility index (Phi) is 4.31. The van der Waals surface area contributed by atoms with Crippen LogP contribution in [-0.2, 0) is 11.3 Å². The number of imidazole rings is 1. The van der Waals surface area contributed by atoms with Crippen molar-refractivity contribution in [1.82, 2.24) is 14.9 Å². The summed E-state index contributed by atoms with van der Waals surface area (Å²) in [5, 5.41) is 13.7. The fraction of sp³-hybridized carbons (Fsp3) is 0.263. The summed E-state index contributed by atoms with van der Waals surface area (Å²) in [6, 6.07) is 12.2. The molecule has 138 valence electrons. The molecule has 3 aromatic rings. The maximum absolute atomic E-state index is 13.3. The van der Waals surface area contributed by atoms with Crippen LogP contribution in [0.15, 0.2) is 54.9 Å². The fourth-order valence-electron chi connectivity index (χ4n) is 3.26. The van der Waals surface area contributed by atoms with Crippen molar-refractivity contribution in [3.8, 4) is 0 Å². The van der Waals surface area contributed by atoms with Gasteiger partial charge in [0.2, 0.25) is 11.9 Å². The molecular weight excluding hydrogens is 351 g/mol. The number of nitrogens with zero attached hydrogens (tertiary/aromatic N) is 3. The maximum Gasteiger partial charge on any atom is 0.230 e. The number of aromatic nitrogens is 2. The molecule has 0 unspecified atom stereocenters. The Labute approximate surface area is 154 Å². The van der Waals surface area contributed by atoms with E-state index < -0.39 is 22.9 Å². The Hall–Kier alpha value is -3.29. The van der Waals surface area contributed by atoms with E-state index in [2.05, 4.69) is 10.3 Å². The number of halogens is 1. The first-order valence-corrected chi connectivity index (χ1v) is 8.62. The fourth-order valence-corrected chi connectivity index (χ4v) is 3.26. The van der Waals surface area contributed by atoms with E-state index in [-0.39, 0.29) is 18.1 Å². The summed E-state index contributed by atoms with van der Waals surface area (Å²) in [5.74, 6) is -1.33. The lowest BCUT2D eigenvalue weighted by Gasteiger charge is -2.20. The van der Waals surface area contributed by atoms with Crippen molar-refractivity contribution in [2.75, 3.05) is 0 Å². The van der Waals surface area contributed by atoms with Crippen LogP contribution >= 0.6 is 0 Å². The lowest BCUT2D eigenvalue weighted by Crippen LogP contribution is -2.33. The Morgan fingerprint density at radius 2 is 2.04 bits per heavy atom. The minimum atomic E-state index is -0.812. The van der Waals surface area contributed by atoms with Gasteiger partial charge in [-0.05, 0) is 29.8 Å². The van der Waals surface area contributed by atoms with E-state index >= 15 is 0 Å². The molecule has 8 heteroatoms. The molecule has 1 fully saturated rings. The second kappa shape index (κ2) is 6.79. The van der Waals surface area contributed by atoms with Crippen molar-refractivity contribution in [2.45, 2.75) is 25.0 Å². The second-order valence-corrected chi connectivity index (χ2v) is 6.69. The largest absolute Gasteiger partial charge is 0.347 e. The van der Waals surface area contributed by atoms with E-state index in [4.69, 9.17) is 0 Å². The Morgan fingerprint density at radius 3 is 2.74 bits per heavy atom. The van der Waals surface area contributed by atoms with Crippen LogP contribution in [0.25, 0.3) is 11.0 Å². The SMILES string of the molecule is O=C(N[C@H](Cn1cnc2ccccc21)c1ccc(F)cc1)[C@@H]1C[C@@H]1[N+](=O)[O-]. The topological polar surface area (TPSA) is 90.1 Å². The van der Waals surface area contributed by atoms with Gasteiger partial charge in [-0.1, -0.05) is 24.3 Å². The van der Waals surface area contributed by atoms with E-state index in [0.717, 1.165) is 16.6 Å². The highest BCUT2D eigenvalue weighted by Gasteiger charge is 2.53. The van der Waals surface area contributed by atoms with Gasteiger partial charge in [0.15, 0.2) is 0 Å². The van der Waals surface area contributed by atoms with Crippen molar-refractivity contribution in [2.24, 2.45) is 5.92 Å². The molecule has 0 spiro atoms. The summed E-state index contributed by atoms with van der Waals surface area (Å²) in [7, 11) is 0. The number of fused-ring (bicyclic) bond motifs is 1. The number of benzene rings is 2. The molecule has 1 saturated carbocycles. The number of nitrogens with one attached hydrogen (secondary N) is 1. The summed E-state index contributed by atoms with van der Waals surface area (Å²) in [6.45, 7) is 0.383. The molecule has 0 saturated heterocycles. The first-order valence-electron chi connectivity index (χ1n) is 8.62. The van der Waals surface area contributed by atoms with Crippen LogP contribution in [0.5, 0.6) is 0 Å². The number of hydrogen-bond donors (Lipinski definition) is 1. The summed E-state index contributed by atoms with van der Waals surface area (Å²) in [6.07, 6.45) is 1.94. The molecule has 1 heterocycles. The van der Waals surface area contributed by atoms with Crippen molar-refractivity contribution in [3.63, 3.8) is 0 Å². The zero-order valence-electron chi connectivity index (χ0n) is 14.3. The number of para-hydroxylation sites is 2. The molecule has 2 aromatic carbocycles. The first-order chi connectivity index (χ1) is 13.0. The van der Waals surface area contributed by atoms with Gasteiger partial charge in [-0.2, -0.15) is 0 Å². The molecule has 0 aliphatic heterocycles. The van der Waals surface area contributed by atoms with E-state index in [0.29, 0.717) is 6.54 Å². The third-order valence-electron chi connectivity index (χ3n) is 4.86. The molecule has 7 nitrogen and oxygen atoms in total. The van der Waals surface area contributed by atoms with Crippen LogP contribution in [0.4, 0.5) is 4.39 Å². The minimum absolute atomic E-state index is 0.253. The molecule has 4 rings (SSSR count). The minimum Gasteiger partial charge on any atom is -0.347 e. The quantitative estimate of drug-likeness (QED) is 0.535. The Balaban J connectivity index is 1.59. The van der Waals surface area contributed by atoms with Gasteiger partial charge in [0.1, 0.15) is 11.7 Å². The molecule has 27 heavy (non-hydrogen) atoms. The van der Waals surface area contributed by atoms with Crippen LogP contribution in [-0.4, -0.2) is 26.4 Å². The number of amides is 1. The first kappa shape index (κ1) is 17.1. The predicted molar refractivity (Wildman–Crippen MR) is 95.9 cm³/mol. The maximum atomic E-state index is 13.3. The van der Waals surface area contributed by atoms with Crippen LogP contribution in [0, 0.1) is 21.8 Å². The highest BCUT2D eigenvalue weighted by molar-refractivity contribution is 5.82. The van der Waals surface area contributed by atoms with Crippen molar-refractivity contribution in [1.29, 1.82) is 0 Å². The van der Waals surface area contributed by atoms with Gasteiger partial charge in [0.05, 0.1) is 23.4 Å². The highest BCUT2D eigenvalue weighted by atomic mass is 19.1. The van der Waals surface area contributed by atoms with Gasteiger partial charge >= 0.3 is 0 Å². The smallest absolute Gasteiger partial charge is 0.230 e. The average Bonchev–Trinajstić information content (AvgIpc) is 3.38. The van der Waals surface area contributed by atoms with Crippen LogP contribution in [0.3, 0.4) is 0 Å². The summed E-state index contributed by atoms with van der Waals surface area (Å²) in [4.78, 5) is 27.2. The molecule has 3 atom stereocenters. The highest BCUT2D eigenvalue weighted by Crippen LogP contribution is 2.34. The van der Waals surface area contributed by atoms with Gasteiger partial charge in [-0.3, -0.25) is 14.9 Å². The normalized spacial score (nSPS) is 19.6. The van der Waals surface area contributed by atoms with Crippen molar-refractivity contribution >= 4 is 16.9 Å². The summed E-state index contributed by atoms with van der Waals surface area (Å²) in [5.41, 5.74) is 2.46. The summed E-state index contributed by atoms with van der Waals surface area (Å²) >= 11 is 0. The monoisotopic (exact) mass is 368 g/mol. The third-order valence-corrected chi connectivity index (χ3v) is 4.86. The van der Waals surface area contributed by atoms with Gasteiger partial charge in [0.25, 0.3) is 0 Å². The number of carbonyl (C=O) groups excluding carboxylic acids is 1. The lowest BCUT2D eigenvalue weighted by atomic mass is 10.1. The molecular formula is C19H17FN4O3. The van der Waals surface area contributed by atoms with Gasteiger partial charge in [0, 0.05) is 17.9 Å². The van der Waals surface area contributed by atoms with Gasteiger partial charge < -0.3 is 9.88 Å². The van der Waals surface area contributed by atoms with E-state index in [1.54, 1.807) is 18.5 Å². The van der Waals surface area contributed by atoms with Crippen LogP contribution < -0.4 is 5.32 Å². The standard InChI is InChI=1S/C19H17FN4O3/c20-13-7-5-12(6-8-13)16(22-19(25)14-9-18(14)24(26)27)10-23-11-21-15-3-1-2-4-17(15)23/h1-8,11,14,16,18H,9-10H2,(H,22,25)/t14-,16-,18+/m1/s1. The van der Waals surface area contributed by atoms with E-state index in [1.807, 2.05) is 28.8 Å². The van der Waals surface area contributed by atoms with Crippen molar-refractivity contribution in [3.05, 3.63) is 76.4 Å². The summed E-state index contributed by atoms with van der Waals surface area (Å²) < 4.78 is 15.2.